The first-order valence-corrected chi connectivity index (χ1v) is 6.08. The summed E-state index contributed by atoms with van der Waals surface area (Å²) in [4.78, 5) is 0. The zero-order chi connectivity index (χ0) is 9.94. The summed E-state index contributed by atoms with van der Waals surface area (Å²) in [7, 11) is 0. The van der Waals surface area contributed by atoms with E-state index in [0.29, 0.717) is 0 Å². The fraction of sp³-hybridized carbons (Fsp3) is 1.00. The first-order chi connectivity index (χ1) is 6.35. The molecule has 0 radical (unpaired) electrons. The van der Waals surface area contributed by atoms with Crippen LogP contribution in [-0.4, -0.2) is 30.3 Å². The van der Waals surface area contributed by atoms with Crippen molar-refractivity contribution in [2.24, 2.45) is 0 Å². The van der Waals surface area contributed by atoms with E-state index in [0.717, 1.165) is 6.04 Å². The van der Waals surface area contributed by atoms with Crippen LogP contribution in [0.15, 0.2) is 0 Å². The van der Waals surface area contributed by atoms with Crippen molar-refractivity contribution in [3.63, 3.8) is 0 Å². The van der Waals surface area contributed by atoms with Gasteiger partial charge in [0.05, 0.1) is 0 Å². The maximum atomic E-state index is 3.63. The van der Waals surface area contributed by atoms with Gasteiger partial charge in [-0.3, -0.25) is 0 Å². The summed E-state index contributed by atoms with van der Waals surface area (Å²) in [5, 5.41) is 4.93. The van der Waals surface area contributed by atoms with Crippen LogP contribution in [-0.2, 0) is 0 Å². The molecule has 13 heavy (non-hydrogen) atoms. The van der Waals surface area contributed by atoms with Gasteiger partial charge in [0.25, 0.3) is 0 Å². The standard InChI is InChI=1S/C11H24N.Li/c1-4-7-8-9-11(6-3)12-10-5-2;/h11-12H,2,4-10H2,1,3H3;. The molecular formula is C11H24LiN. The number of hydrogen-bond donors (Lipinski definition) is 1. The Morgan fingerprint density at radius 3 is 2.46 bits per heavy atom. The number of rotatable bonds is 9. The quantitative estimate of drug-likeness (QED) is 0.422. The van der Waals surface area contributed by atoms with Crippen LogP contribution in [0.5, 0.6) is 0 Å². The molecule has 0 aliphatic heterocycles. The predicted molar refractivity (Wildman–Crippen MR) is 61.4 cm³/mol. The Hall–Kier alpha value is 0.557. The van der Waals surface area contributed by atoms with Gasteiger partial charge in [-0.05, 0) is 0 Å². The minimum absolute atomic E-state index is 0.776. The van der Waals surface area contributed by atoms with Gasteiger partial charge in [0.1, 0.15) is 0 Å². The normalized spacial score (nSPS) is 13.2. The Labute approximate surface area is 93.3 Å². The third kappa shape index (κ3) is 8.88. The Morgan fingerprint density at radius 1 is 1.15 bits per heavy atom. The number of nitrogens with one attached hydrogen (secondary N) is 1. The van der Waals surface area contributed by atoms with Crippen molar-refractivity contribution in [2.75, 3.05) is 6.54 Å². The maximum absolute atomic E-state index is 3.63. The first-order valence-electron chi connectivity index (χ1n) is 6.08. The van der Waals surface area contributed by atoms with Crippen LogP contribution in [0, 0.1) is 0 Å². The van der Waals surface area contributed by atoms with Gasteiger partial charge in [-0.15, -0.1) is 0 Å². The van der Waals surface area contributed by atoms with Gasteiger partial charge in [0, 0.05) is 0 Å². The third-order valence-corrected chi connectivity index (χ3v) is 2.61. The SMILES string of the molecule is [Li][CH2]CCNC(CC)CCCCC. The van der Waals surface area contributed by atoms with Crippen LogP contribution in [0.4, 0.5) is 0 Å². The van der Waals surface area contributed by atoms with E-state index in [2.05, 4.69) is 36.9 Å². The van der Waals surface area contributed by atoms with Gasteiger partial charge in [0.2, 0.25) is 0 Å². The van der Waals surface area contributed by atoms with Crippen molar-refractivity contribution >= 4 is 17.7 Å². The molecule has 0 rings (SSSR count). The minimum atomic E-state index is 0.776. The summed E-state index contributed by atoms with van der Waals surface area (Å²) in [6.07, 6.45) is 8.11. The molecule has 0 spiro atoms. The summed E-state index contributed by atoms with van der Waals surface area (Å²) >= 11 is 2.25. The molecule has 0 heterocycles. The van der Waals surface area contributed by atoms with Crippen LogP contribution in [0.3, 0.4) is 0 Å². The van der Waals surface area contributed by atoms with Crippen molar-refractivity contribution in [1.29, 1.82) is 0 Å². The second kappa shape index (κ2) is 10.6. The molecule has 0 aromatic rings. The fourth-order valence-electron chi connectivity index (χ4n) is 1.57. The molecule has 0 saturated carbocycles. The molecule has 1 nitrogen and oxygen atoms in total. The van der Waals surface area contributed by atoms with Crippen LogP contribution in [0.2, 0.25) is 5.09 Å². The average molecular weight is 177 g/mol. The molecule has 0 aliphatic rings. The topological polar surface area (TPSA) is 12.0 Å². The van der Waals surface area contributed by atoms with E-state index in [1.807, 2.05) is 0 Å². The summed E-state index contributed by atoms with van der Waals surface area (Å²) in [6.45, 7) is 5.77. The third-order valence-electron chi connectivity index (χ3n) is 2.61. The van der Waals surface area contributed by atoms with Crippen molar-refractivity contribution in [1.82, 2.24) is 5.32 Å². The number of unbranched alkanes of at least 4 members (excludes halogenated alkanes) is 2. The van der Waals surface area contributed by atoms with Gasteiger partial charge < -0.3 is 0 Å². The molecule has 1 unspecified atom stereocenters. The van der Waals surface area contributed by atoms with Gasteiger partial charge in [0.15, 0.2) is 0 Å². The Morgan fingerprint density at radius 2 is 1.92 bits per heavy atom. The molecule has 2 heteroatoms. The van der Waals surface area contributed by atoms with Crippen molar-refractivity contribution in [3.05, 3.63) is 0 Å². The van der Waals surface area contributed by atoms with E-state index in [1.54, 1.807) is 0 Å². The van der Waals surface area contributed by atoms with Gasteiger partial charge >= 0.3 is 93.1 Å². The average Bonchev–Trinajstić information content (AvgIpc) is 2.16. The van der Waals surface area contributed by atoms with Crippen molar-refractivity contribution < 1.29 is 0 Å². The zero-order valence-electron chi connectivity index (χ0n) is 9.73. The van der Waals surface area contributed by atoms with Gasteiger partial charge in [-0.1, -0.05) is 0 Å². The van der Waals surface area contributed by atoms with Crippen LogP contribution < -0.4 is 5.32 Å². The van der Waals surface area contributed by atoms with Gasteiger partial charge in [-0.25, -0.2) is 0 Å². The van der Waals surface area contributed by atoms with Gasteiger partial charge in [-0.2, -0.15) is 0 Å². The van der Waals surface area contributed by atoms with E-state index in [4.69, 9.17) is 0 Å². The molecule has 0 aliphatic carbocycles. The molecular weight excluding hydrogens is 153 g/mol. The summed E-state index contributed by atoms with van der Waals surface area (Å²) in [6, 6.07) is 0.776. The second-order valence-corrected chi connectivity index (χ2v) is 3.91. The van der Waals surface area contributed by atoms with Crippen LogP contribution >= 0.6 is 0 Å². The molecule has 0 amide bonds. The summed E-state index contributed by atoms with van der Waals surface area (Å²) in [5.74, 6) is 0. The molecule has 0 bridgehead atoms. The molecule has 0 aromatic heterocycles. The molecule has 1 atom stereocenters. The zero-order valence-corrected chi connectivity index (χ0v) is 9.73. The first kappa shape index (κ1) is 13.6. The molecule has 74 valence electrons. The van der Waals surface area contributed by atoms with Crippen LogP contribution in [0.1, 0.15) is 52.4 Å². The van der Waals surface area contributed by atoms with E-state index in [1.165, 1.54) is 50.2 Å². The Kier molecular flexibility index (Phi) is 11.1. The Bertz CT molecular complexity index is 86.1. The van der Waals surface area contributed by atoms with Crippen molar-refractivity contribution in [2.45, 2.75) is 63.5 Å². The second-order valence-electron chi connectivity index (χ2n) is 3.91. The molecule has 0 fully saturated rings. The van der Waals surface area contributed by atoms with E-state index in [9.17, 15) is 0 Å². The van der Waals surface area contributed by atoms with Crippen molar-refractivity contribution in [3.8, 4) is 0 Å². The van der Waals surface area contributed by atoms with E-state index in [-0.39, 0.29) is 0 Å². The summed E-state index contributed by atoms with van der Waals surface area (Å²) < 4.78 is 0. The monoisotopic (exact) mass is 177 g/mol. The van der Waals surface area contributed by atoms with E-state index >= 15 is 0 Å². The summed E-state index contributed by atoms with van der Waals surface area (Å²) in [5.41, 5.74) is 0. The molecule has 0 aromatic carbocycles. The molecule has 1 N–H and O–H groups in total. The fourth-order valence-corrected chi connectivity index (χ4v) is 1.57. The number of hydrogen-bond acceptors (Lipinski definition) is 1. The molecule has 0 saturated heterocycles. The predicted octanol–water partition coefficient (Wildman–Crippen LogP) is 2.91. The van der Waals surface area contributed by atoms with E-state index < -0.39 is 0 Å². The van der Waals surface area contributed by atoms with Crippen LogP contribution in [0.25, 0.3) is 0 Å². The Balaban J connectivity index is 3.28.